The fraction of sp³-hybridized carbons (Fsp3) is 0.667. The van der Waals surface area contributed by atoms with Crippen LogP contribution in [0.25, 0.3) is 0 Å². The number of hydrogen-bond donors (Lipinski definition) is 2. The summed E-state index contributed by atoms with van der Waals surface area (Å²) in [5.41, 5.74) is 4.95. The number of amides is 1. The van der Waals surface area contributed by atoms with Crippen LogP contribution < -0.4 is 11.1 Å². The number of piperazine rings is 1. The molecule has 1 aliphatic carbocycles. The molecule has 32 heavy (non-hydrogen) atoms. The Hall–Kier alpha value is -2.47. The Balaban J connectivity index is 1.54. The van der Waals surface area contributed by atoms with Crippen LogP contribution in [0, 0.1) is 5.92 Å². The van der Waals surface area contributed by atoms with Gasteiger partial charge in [0.1, 0.15) is 13.2 Å². The zero-order chi connectivity index (χ0) is 23.0. The number of ketones is 2. The number of allylic oxidation sites excluding steroid dienone is 2. The first-order valence-electron chi connectivity index (χ1n) is 10.7. The summed E-state index contributed by atoms with van der Waals surface area (Å²) >= 11 is 0. The number of hydrogen-bond acceptors (Lipinski definition) is 10. The van der Waals surface area contributed by atoms with Gasteiger partial charge in [-0.2, -0.15) is 0 Å². The number of methoxy groups -OCH3 is 1. The molecule has 2 fully saturated rings. The van der Waals surface area contributed by atoms with E-state index < -0.39 is 23.5 Å². The lowest BCUT2D eigenvalue weighted by atomic mass is 9.83. The first kappa shape index (κ1) is 22.7. The highest BCUT2D eigenvalue weighted by atomic mass is 16.6. The molecular formula is C21H29N3O8. The maximum atomic E-state index is 13.5. The van der Waals surface area contributed by atoms with Crippen molar-refractivity contribution in [3.05, 3.63) is 22.6 Å². The SMILES string of the molecule is CCOCCOCCOC1=C(C)C(=O)C2=C(C1=O)C(COC(N)=O)[C@@]1(OC)C3NC3CN21. The lowest BCUT2D eigenvalue weighted by molar-refractivity contribution is -0.137. The molecule has 4 aliphatic rings. The molecule has 0 aromatic heterocycles. The van der Waals surface area contributed by atoms with Crippen molar-refractivity contribution >= 4 is 17.7 Å². The molecule has 176 valence electrons. The van der Waals surface area contributed by atoms with Crippen LogP contribution in [0.4, 0.5) is 4.79 Å². The van der Waals surface area contributed by atoms with Crippen molar-refractivity contribution in [1.29, 1.82) is 0 Å². The lowest BCUT2D eigenvalue weighted by Gasteiger charge is -2.39. The summed E-state index contributed by atoms with van der Waals surface area (Å²) in [6.45, 7) is 5.64. The fourth-order valence-electron chi connectivity index (χ4n) is 5.01. The van der Waals surface area contributed by atoms with Crippen molar-refractivity contribution in [3.8, 4) is 0 Å². The summed E-state index contributed by atoms with van der Waals surface area (Å²) < 4.78 is 27.3. The van der Waals surface area contributed by atoms with Crippen LogP contribution >= 0.6 is 0 Å². The van der Waals surface area contributed by atoms with Crippen molar-refractivity contribution in [2.75, 3.05) is 53.3 Å². The molecule has 1 amide bonds. The van der Waals surface area contributed by atoms with Crippen LogP contribution in [0.15, 0.2) is 22.6 Å². The monoisotopic (exact) mass is 451 g/mol. The second-order valence-corrected chi connectivity index (χ2v) is 8.03. The van der Waals surface area contributed by atoms with E-state index in [0.717, 1.165) is 0 Å². The summed E-state index contributed by atoms with van der Waals surface area (Å²) in [4.78, 5) is 40.0. The predicted octanol–water partition coefficient (Wildman–Crippen LogP) is -0.540. The van der Waals surface area contributed by atoms with Crippen molar-refractivity contribution in [2.45, 2.75) is 31.7 Å². The van der Waals surface area contributed by atoms with Gasteiger partial charge < -0.3 is 39.6 Å². The third kappa shape index (κ3) is 3.49. The molecule has 4 atom stereocenters. The van der Waals surface area contributed by atoms with Crippen LogP contribution in [0.1, 0.15) is 13.8 Å². The highest BCUT2D eigenvalue weighted by Crippen LogP contribution is 2.55. The van der Waals surface area contributed by atoms with Gasteiger partial charge >= 0.3 is 6.09 Å². The number of ether oxygens (including phenoxy) is 5. The Morgan fingerprint density at radius 2 is 1.91 bits per heavy atom. The lowest BCUT2D eigenvalue weighted by Crippen LogP contribution is -2.55. The van der Waals surface area contributed by atoms with E-state index in [4.69, 9.17) is 29.4 Å². The van der Waals surface area contributed by atoms with Crippen LogP contribution in [-0.2, 0) is 33.3 Å². The number of fused-ring (bicyclic) bond motifs is 4. The number of nitrogens with zero attached hydrogens (tertiary/aromatic N) is 1. The molecule has 0 aromatic carbocycles. The molecule has 3 aliphatic heterocycles. The minimum atomic E-state index is -1.01. The Morgan fingerprint density at radius 1 is 1.19 bits per heavy atom. The number of primary amides is 1. The summed E-state index contributed by atoms with van der Waals surface area (Å²) in [7, 11) is 1.53. The maximum absolute atomic E-state index is 13.5. The van der Waals surface area contributed by atoms with E-state index in [1.165, 1.54) is 7.11 Å². The van der Waals surface area contributed by atoms with Crippen LogP contribution in [-0.4, -0.2) is 93.7 Å². The Labute approximate surface area is 185 Å². The quantitative estimate of drug-likeness (QED) is 0.238. The molecule has 0 saturated carbocycles. The molecule has 11 nitrogen and oxygen atoms in total. The third-order valence-electron chi connectivity index (χ3n) is 6.42. The average Bonchev–Trinajstić information content (AvgIpc) is 3.38. The average molecular weight is 451 g/mol. The maximum Gasteiger partial charge on any atom is 0.404 e. The number of Topliss-reactive ketones (excluding diaryl/α,β-unsaturated/α-hetero) is 2. The van der Waals surface area contributed by atoms with E-state index in [1.807, 2.05) is 11.8 Å². The molecule has 3 unspecified atom stereocenters. The van der Waals surface area contributed by atoms with E-state index in [0.29, 0.717) is 32.1 Å². The topological polar surface area (TPSA) is 149 Å². The Bertz CT molecular complexity index is 884. The first-order valence-corrected chi connectivity index (χ1v) is 10.7. The summed E-state index contributed by atoms with van der Waals surface area (Å²) in [6, 6.07) is 0.0438. The Kier molecular flexibility index (Phi) is 6.26. The molecule has 0 aromatic rings. The molecule has 11 heteroatoms. The predicted molar refractivity (Wildman–Crippen MR) is 109 cm³/mol. The van der Waals surface area contributed by atoms with Gasteiger partial charge in [-0.15, -0.1) is 0 Å². The van der Waals surface area contributed by atoms with Crippen LogP contribution in [0.3, 0.4) is 0 Å². The molecule has 0 spiro atoms. The van der Waals surface area contributed by atoms with Crippen molar-refractivity contribution in [2.24, 2.45) is 11.7 Å². The molecule has 3 heterocycles. The molecule has 3 N–H and O–H groups in total. The molecule has 2 saturated heterocycles. The number of carbonyl (C=O) groups excluding carboxylic acids is 3. The van der Waals surface area contributed by atoms with Crippen molar-refractivity contribution < 1.29 is 38.1 Å². The number of rotatable bonds is 11. The van der Waals surface area contributed by atoms with Gasteiger partial charge in [0, 0.05) is 37.4 Å². The second kappa shape index (κ2) is 8.81. The van der Waals surface area contributed by atoms with Gasteiger partial charge in [-0.05, 0) is 13.8 Å². The molecule has 4 rings (SSSR count). The van der Waals surface area contributed by atoms with Crippen LogP contribution in [0.2, 0.25) is 0 Å². The van der Waals surface area contributed by atoms with Gasteiger partial charge in [0.15, 0.2) is 11.5 Å². The summed E-state index contributed by atoms with van der Waals surface area (Å²) in [5.74, 6) is -1.41. The van der Waals surface area contributed by atoms with E-state index in [2.05, 4.69) is 5.32 Å². The molecule has 0 radical (unpaired) electrons. The highest BCUT2D eigenvalue weighted by Gasteiger charge is 2.72. The normalized spacial score (nSPS) is 30.5. The zero-order valence-electron chi connectivity index (χ0n) is 18.5. The second-order valence-electron chi connectivity index (χ2n) is 8.03. The minimum absolute atomic E-state index is 0.0148. The Morgan fingerprint density at radius 3 is 2.59 bits per heavy atom. The van der Waals surface area contributed by atoms with Gasteiger partial charge in [-0.25, -0.2) is 4.79 Å². The zero-order valence-corrected chi connectivity index (χ0v) is 18.5. The van der Waals surface area contributed by atoms with Gasteiger partial charge in [0.05, 0.1) is 37.5 Å². The van der Waals surface area contributed by atoms with E-state index >= 15 is 0 Å². The van der Waals surface area contributed by atoms with E-state index in [-0.39, 0.29) is 54.6 Å². The smallest absolute Gasteiger partial charge is 0.404 e. The molecular weight excluding hydrogens is 422 g/mol. The third-order valence-corrected chi connectivity index (χ3v) is 6.42. The van der Waals surface area contributed by atoms with Crippen molar-refractivity contribution in [1.82, 2.24) is 10.2 Å². The van der Waals surface area contributed by atoms with Gasteiger partial charge in [-0.3, -0.25) is 9.59 Å². The van der Waals surface area contributed by atoms with E-state index in [1.54, 1.807) is 6.92 Å². The van der Waals surface area contributed by atoms with Crippen molar-refractivity contribution in [3.63, 3.8) is 0 Å². The van der Waals surface area contributed by atoms with E-state index in [9.17, 15) is 14.4 Å². The number of nitrogens with one attached hydrogen (secondary N) is 1. The number of carbonyl (C=O) groups is 3. The standard InChI is InChI=1S/C21H29N3O8/c1-4-29-5-6-30-7-8-31-18-11(2)16(25)15-14(17(18)26)12(10-32-20(22)27)21(28-3)19-13(23-19)9-24(15)21/h12-13,19,23H,4-10H2,1-3H3,(H2,22,27)/t12?,13?,19?,21-/m1/s1. The first-order chi connectivity index (χ1) is 15.4. The highest BCUT2D eigenvalue weighted by molar-refractivity contribution is 6.25. The van der Waals surface area contributed by atoms with Gasteiger partial charge in [0.25, 0.3) is 0 Å². The fourth-order valence-corrected chi connectivity index (χ4v) is 5.01. The van der Waals surface area contributed by atoms with Gasteiger partial charge in [-0.1, -0.05) is 0 Å². The summed E-state index contributed by atoms with van der Waals surface area (Å²) in [6.07, 6.45) is -0.961. The van der Waals surface area contributed by atoms with Crippen LogP contribution in [0.5, 0.6) is 0 Å². The molecule has 0 bridgehead atoms. The number of nitrogens with two attached hydrogens (primary N) is 1. The van der Waals surface area contributed by atoms with Gasteiger partial charge in [0.2, 0.25) is 11.6 Å². The largest absolute Gasteiger partial charge is 0.487 e. The summed E-state index contributed by atoms with van der Waals surface area (Å²) in [5, 5.41) is 3.31. The minimum Gasteiger partial charge on any atom is -0.487 e.